The van der Waals surface area contributed by atoms with Crippen molar-refractivity contribution < 1.29 is 9.59 Å². The lowest BCUT2D eigenvalue weighted by Crippen LogP contribution is -2.51. The van der Waals surface area contributed by atoms with E-state index < -0.39 is 6.04 Å². The molecule has 31 heavy (non-hydrogen) atoms. The van der Waals surface area contributed by atoms with Crippen LogP contribution < -0.4 is 5.32 Å². The fourth-order valence-corrected chi connectivity index (χ4v) is 4.65. The van der Waals surface area contributed by atoms with E-state index in [2.05, 4.69) is 11.4 Å². The molecule has 0 radical (unpaired) electrons. The Morgan fingerprint density at radius 2 is 1.65 bits per heavy atom. The minimum atomic E-state index is -0.491. The molecule has 0 aromatic heterocycles. The highest BCUT2D eigenvalue weighted by Crippen LogP contribution is 2.21. The third-order valence-electron chi connectivity index (χ3n) is 5.99. The monoisotopic (exact) mass is 440 g/mol. The molecule has 2 aromatic rings. The fraction of sp³-hybridized carbons (Fsp3) is 0.462. The van der Waals surface area contributed by atoms with Gasteiger partial charge in [0.25, 0.3) is 0 Å². The molecule has 166 valence electrons. The normalized spacial score (nSPS) is 15.0. The second-order valence-corrected chi connectivity index (χ2v) is 9.17. The van der Waals surface area contributed by atoms with E-state index in [-0.39, 0.29) is 24.3 Å². The van der Waals surface area contributed by atoms with Crippen LogP contribution in [0.4, 0.5) is 0 Å². The average molecular weight is 441 g/mol. The molecule has 2 amide bonds. The summed E-state index contributed by atoms with van der Waals surface area (Å²) in [5, 5.41) is 3.84. The van der Waals surface area contributed by atoms with Crippen LogP contribution in [0.2, 0.25) is 5.02 Å². The highest BCUT2D eigenvalue weighted by molar-refractivity contribution is 6.30. The van der Waals surface area contributed by atoms with Crippen molar-refractivity contribution in [1.82, 2.24) is 10.2 Å². The van der Waals surface area contributed by atoms with Crippen LogP contribution in [0.15, 0.2) is 42.5 Å². The molecule has 3 rings (SSSR count). The van der Waals surface area contributed by atoms with Crippen LogP contribution in [0.25, 0.3) is 0 Å². The van der Waals surface area contributed by atoms with Gasteiger partial charge in [-0.25, -0.2) is 0 Å². The average Bonchev–Trinajstić information content (AvgIpc) is 3.21. The summed E-state index contributed by atoms with van der Waals surface area (Å²) < 4.78 is 0. The first-order valence-corrected chi connectivity index (χ1v) is 11.6. The third kappa shape index (κ3) is 6.57. The minimum absolute atomic E-state index is 0.0339. The maximum atomic E-state index is 13.5. The molecule has 2 aromatic carbocycles. The second-order valence-electron chi connectivity index (χ2n) is 8.73. The van der Waals surface area contributed by atoms with Crippen molar-refractivity contribution in [3.63, 3.8) is 0 Å². The van der Waals surface area contributed by atoms with Crippen LogP contribution in [0.3, 0.4) is 0 Å². The van der Waals surface area contributed by atoms with E-state index in [1.54, 1.807) is 4.90 Å². The van der Waals surface area contributed by atoms with E-state index in [1.165, 1.54) is 0 Å². The third-order valence-corrected chi connectivity index (χ3v) is 6.24. The molecule has 1 fully saturated rings. The molecule has 4 nitrogen and oxygen atoms in total. The van der Waals surface area contributed by atoms with E-state index in [1.807, 2.05) is 57.2 Å². The summed E-state index contributed by atoms with van der Waals surface area (Å²) in [6, 6.07) is 13.4. The molecule has 0 bridgehead atoms. The Bertz CT molecular complexity index is 884. The van der Waals surface area contributed by atoms with Crippen molar-refractivity contribution in [2.24, 2.45) is 0 Å². The number of amides is 2. The highest BCUT2D eigenvalue weighted by atomic mass is 35.5. The van der Waals surface area contributed by atoms with E-state index >= 15 is 0 Å². The molecule has 0 unspecified atom stereocenters. The fourth-order valence-electron chi connectivity index (χ4n) is 4.52. The zero-order chi connectivity index (χ0) is 22.4. The van der Waals surface area contributed by atoms with Gasteiger partial charge in [-0.1, -0.05) is 72.8 Å². The first kappa shape index (κ1) is 23.3. The number of nitrogens with one attached hydrogen (secondary N) is 1. The summed E-state index contributed by atoms with van der Waals surface area (Å²) >= 11 is 6.04. The molecule has 1 N–H and O–H groups in total. The first-order chi connectivity index (χ1) is 14.9. The summed E-state index contributed by atoms with van der Waals surface area (Å²) in [6.45, 7) is 6.43. The van der Waals surface area contributed by atoms with Gasteiger partial charge < -0.3 is 10.2 Å². The maximum absolute atomic E-state index is 13.5. The summed E-state index contributed by atoms with van der Waals surface area (Å²) in [5.41, 5.74) is 4.22. The van der Waals surface area contributed by atoms with Crippen LogP contribution in [0.5, 0.6) is 0 Å². The Balaban J connectivity index is 1.83. The number of rotatable bonds is 8. The van der Waals surface area contributed by atoms with E-state index in [0.717, 1.165) is 47.9 Å². The molecular formula is C26H33ClN2O2. The van der Waals surface area contributed by atoms with Gasteiger partial charge in [-0.05, 0) is 56.4 Å². The Labute approximate surface area is 191 Å². The Kier molecular flexibility index (Phi) is 8.14. The lowest BCUT2D eigenvalue weighted by Gasteiger charge is -2.31. The lowest BCUT2D eigenvalue weighted by atomic mass is 10.0. The number of benzene rings is 2. The maximum Gasteiger partial charge on any atom is 0.243 e. The second kappa shape index (κ2) is 10.8. The summed E-state index contributed by atoms with van der Waals surface area (Å²) in [6.07, 6.45) is 5.21. The van der Waals surface area contributed by atoms with Gasteiger partial charge >= 0.3 is 0 Å². The van der Waals surface area contributed by atoms with Crippen LogP contribution in [0.1, 0.15) is 61.3 Å². The number of carbonyl (C=O) groups is 2. The van der Waals surface area contributed by atoms with Crippen molar-refractivity contribution in [1.29, 1.82) is 0 Å². The molecule has 1 saturated carbocycles. The first-order valence-electron chi connectivity index (χ1n) is 11.3. The van der Waals surface area contributed by atoms with E-state index in [0.29, 0.717) is 18.0 Å². The molecular weight excluding hydrogens is 408 g/mol. The molecule has 0 saturated heterocycles. The SMILES string of the molecule is CC[C@H](C(=O)NC1CCCC1)N(Cc1ccc(Cl)cc1)C(=O)Cc1cc(C)cc(C)c1. The lowest BCUT2D eigenvalue weighted by molar-refractivity contribution is -0.141. The Hall–Kier alpha value is -2.33. The van der Waals surface area contributed by atoms with E-state index in [4.69, 9.17) is 11.6 Å². The number of aryl methyl sites for hydroxylation is 2. The van der Waals surface area contributed by atoms with Gasteiger partial charge in [0.2, 0.25) is 11.8 Å². The molecule has 0 aliphatic heterocycles. The number of nitrogens with zero attached hydrogens (tertiary/aromatic N) is 1. The number of hydrogen-bond donors (Lipinski definition) is 1. The molecule has 5 heteroatoms. The molecule has 1 aliphatic rings. The van der Waals surface area contributed by atoms with Crippen molar-refractivity contribution >= 4 is 23.4 Å². The number of halogens is 1. The summed E-state index contributed by atoms with van der Waals surface area (Å²) in [5.74, 6) is -0.0782. The topological polar surface area (TPSA) is 49.4 Å². The largest absolute Gasteiger partial charge is 0.352 e. The van der Waals surface area contributed by atoms with Gasteiger partial charge in [-0.15, -0.1) is 0 Å². The van der Waals surface area contributed by atoms with Gasteiger partial charge in [0.15, 0.2) is 0 Å². The van der Waals surface area contributed by atoms with Crippen molar-refractivity contribution in [3.05, 3.63) is 69.7 Å². The van der Waals surface area contributed by atoms with Crippen LogP contribution >= 0.6 is 11.6 Å². The smallest absolute Gasteiger partial charge is 0.243 e. The Morgan fingerprint density at radius 3 is 2.23 bits per heavy atom. The van der Waals surface area contributed by atoms with Crippen LogP contribution in [-0.2, 0) is 22.6 Å². The van der Waals surface area contributed by atoms with Crippen LogP contribution in [-0.4, -0.2) is 28.8 Å². The minimum Gasteiger partial charge on any atom is -0.352 e. The van der Waals surface area contributed by atoms with Gasteiger partial charge in [0, 0.05) is 17.6 Å². The van der Waals surface area contributed by atoms with Crippen molar-refractivity contribution in [2.75, 3.05) is 0 Å². The molecule has 1 atom stereocenters. The highest BCUT2D eigenvalue weighted by Gasteiger charge is 2.30. The number of hydrogen-bond acceptors (Lipinski definition) is 2. The zero-order valence-electron chi connectivity index (χ0n) is 18.8. The van der Waals surface area contributed by atoms with Gasteiger partial charge in [-0.2, -0.15) is 0 Å². The standard InChI is InChI=1S/C26H33ClN2O2/c1-4-24(26(31)28-23-7-5-6-8-23)29(17-20-9-11-22(27)12-10-20)25(30)16-21-14-18(2)13-19(3)15-21/h9-15,23-24H,4-8,16-17H2,1-3H3,(H,28,31)/t24-/m1/s1. The quantitative estimate of drug-likeness (QED) is 0.600. The van der Waals surface area contributed by atoms with Gasteiger partial charge in [0.1, 0.15) is 6.04 Å². The predicted octanol–water partition coefficient (Wildman–Crippen LogP) is 5.37. The predicted molar refractivity (Wildman–Crippen MR) is 126 cm³/mol. The van der Waals surface area contributed by atoms with Gasteiger partial charge in [0.05, 0.1) is 6.42 Å². The Morgan fingerprint density at radius 1 is 1.03 bits per heavy atom. The number of carbonyl (C=O) groups excluding carboxylic acids is 2. The summed E-state index contributed by atoms with van der Waals surface area (Å²) in [4.78, 5) is 28.4. The molecule has 1 aliphatic carbocycles. The van der Waals surface area contributed by atoms with E-state index in [9.17, 15) is 9.59 Å². The summed E-state index contributed by atoms with van der Waals surface area (Å²) in [7, 11) is 0. The van der Waals surface area contributed by atoms with Crippen LogP contribution in [0, 0.1) is 13.8 Å². The van der Waals surface area contributed by atoms with Crippen molar-refractivity contribution in [3.8, 4) is 0 Å². The molecule has 0 heterocycles. The van der Waals surface area contributed by atoms with Crippen molar-refractivity contribution in [2.45, 2.75) is 77.9 Å². The van der Waals surface area contributed by atoms with Gasteiger partial charge in [-0.3, -0.25) is 9.59 Å². The molecule has 0 spiro atoms. The zero-order valence-corrected chi connectivity index (χ0v) is 19.5.